The summed E-state index contributed by atoms with van der Waals surface area (Å²) in [6.07, 6.45) is 9.43. The third kappa shape index (κ3) is 8.88. The molecule has 0 unspecified atom stereocenters. The van der Waals surface area contributed by atoms with Gasteiger partial charge in [0, 0.05) is 44.1 Å². The van der Waals surface area contributed by atoms with Gasteiger partial charge in [-0.1, -0.05) is 77.8 Å². The van der Waals surface area contributed by atoms with Gasteiger partial charge in [0.2, 0.25) is 11.8 Å². The number of pyridine rings is 1. The quantitative estimate of drug-likeness (QED) is 0.105. The Morgan fingerprint density at radius 3 is 2.51 bits per heavy atom. The first-order valence-electron chi connectivity index (χ1n) is 19.0. The van der Waals surface area contributed by atoms with Crippen LogP contribution in [0.1, 0.15) is 97.3 Å². The summed E-state index contributed by atoms with van der Waals surface area (Å²) in [5.41, 5.74) is 1.58. The van der Waals surface area contributed by atoms with E-state index in [1.54, 1.807) is 7.11 Å². The zero-order valence-electron chi connectivity index (χ0n) is 32.2. The summed E-state index contributed by atoms with van der Waals surface area (Å²) in [5.74, 6) is 1.64. The molecule has 1 aliphatic carbocycles. The zero-order chi connectivity index (χ0) is 37.0. The predicted molar refractivity (Wildman–Crippen MR) is 209 cm³/mol. The standard InChI is InChI=1S/C40H60ClN5O4Si/c1-9-30(47)13-11-10-12-14-32(45-37(48)40(38(2,3)4)26-39(40)17-19-42-20-18-39)35-43-34(25-46(35)27-50-21-22-51(6,7)8)31-23-28-15-16-29(41)24-33(28)44-36(31)49-5/h15-16,23-25,32,42H,9-14,17-22,26-27H2,1-8H3,(H,45,48)/t32-,40-/m0/s1. The molecule has 2 atom stereocenters. The molecule has 3 aromatic rings. The summed E-state index contributed by atoms with van der Waals surface area (Å²) in [6.45, 7) is 18.5. The van der Waals surface area contributed by atoms with Crippen LogP contribution in [0.2, 0.25) is 30.7 Å². The number of rotatable bonds is 17. The Balaban J connectivity index is 1.52. The van der Waals surface area contributed by atoms with E-state index in [1.165, 1.54) is 0 Å². The first kappa shape index (κ1) is 39.4. The maximum Gasteiger partial charge on any atom is 0.227 e. The molecule has 1 amide bonds. The van der Waals surface area contributed by atoms with Crippen molar-refractivity contribution in [3.63, 3.8) is 0 Å². The molecule has 0 radical (unpaired) electrons. The van der Waals surface area contributed by atoms with Crippen LogP contribution in [0.15, 0.2) is 30.5 Å². The Bertz CT molecular complexity index is 1690. The largest absolute Gasteiger partial charge is 0.480 e. The first-order chi connectivity index (χ1) is 24.1. The number of ether oxygens (including phenoxy) is 2. The minimum Gasteiger partial charge on any atom is -0.480 e. The number of hydrogen-bond donors (Lipinski definition) is 2. The highest BCUT2D eigenvalue weighted by molar-refractivity contribution is 6.76. The number of benzene rings is 1. The van der Waals surface area contributed by atoms with Gasteiger partial charge in [-0.25, -0.2) is 9.97 Å². The van der Waals surface area contributed by atoms with Crippen LogP contribution < -0.4 is 15.4 Å². The average Bonchev–Trinajstić information content (AvgIpc) is 3.54. The minimum atomic E-state index is -1.30. The van der Waals surface area contributed by atoms with E-state index in [0.717, 1.165) is 79.9 Å². The van der Waals surface area contributed by atoms with Gasteiger partial charge < -0.3 is 24.7 Å². The van der Waals surface area contributed by atoms with Crippen molar-refractivity contribution in [1.82, 2.24) is 25.2 Å². The molecular weight excluding hydrogens is 678 g/mol. The van der Waals surface area contributed by atoms with E-state index in [-0.39, 0.29) is 22.8 Å². The van der Waals surface area contributed by atoms with Gasteiger partial charge in [0.05, 0.1) is 35.3 Å². The number of imidazole rings is 1. The summed E-state index contributed by atoms with van der Waals surface area (Å²) >= 11 is 6.29. The number of fused-ring (bicyclic) bond motifs is 1. The third-order valence-electron chi connectivity index (χ3n) is 11.3. The number of halogens is 1. The molecule has 1 aromatic carbocycles. The van der Waals surface area contributed by atoms with E-state index in [2.05, 4.69) is 55.6 Å². The maximum absolute atomic E-state index is 14.8. The molecule has 1 aliphatic heterocycles. The summed E-state index contributed by atoms with van der Waals surface area (Å²) < 4.78 is 14.2. The molecule has 5 rings (SSSR count). The van der Waals surface area contributed by atoms with Crippen LogP contribution in [0.25, 0.3) is 22.2 Å². The molecule has 3 heterocycles. The number of nitrogens with zero attached hydrogens (tertiary/aromatic N) is 3. The molecule has 0 bridgehead atoms. The fraction of sp³-hybridized carbons (Fsp3) is 0.650. The van der Waals surface area contributed by atoms with E-state index < -0.39 is 13.5 Å². The van der Waals surface area contributed by atoms with Gasteiger partial charge >= 0.3 is 0 Å². The Morgan fingerprint density at radius 2 is 1.84 bits per heavy atom. The number of amides is 1. The lowest BCUT2D eigenvalue weighted by molar-refractivity contribution is -0.134. The van der Waals surface area contributed by atoms with Crippen LogP contribution in [0.4, 0.5) is 0 Å². The number of carbonyl (C=O) groups excluding carboxylic acids is 2. The summed E-state index contributed by atoms with van der Waals surface area (Å²) in [6, 6.07) is 8.39. The van der Waals surface area contributed by atoms with Crippen molar-refractivity contribution in [2.45, 2.75) is 124 Å². The highest BCUT2D eigenvalue weighted by Gasteiger charge is 2.75. The third-order valence-corrected chi connectivity index (χ3v) is 13.3. The van der Waals surface area contributed by atoms with Gasteiger partial charge in [0.1, 0.15) is 18.3 Å². The Labute approximate surface area is 311 Å². The van der Waals surface area contributed by atoms with Crippen LogP contribution >= 0.6 is 11.6 Å². The number of nitrogens with one attached hydrogen (secondary N) is 2. The molecule has 11 heteroatoms. The summed E-state index contributed by atoms with van der Waals surface area (Å²) in [4.78, 5) is 36.9. The van der Waals surface area contributed by atoms with Gasteiger partial charge in [-0.15, -0.1) is 0 Å². The monoisotopic (exact) mass is 737 g/mol. The second kappa shape index (κ2) is 16.1. The number of hydrogen-bond acceptors (Lipinski definition) is 7. The number of piperidine rings is 1. The van der Waals surface area contributed by atoms with Crippen LogP contribution in [-0.4, -0.2) is 61.1 Å². The average molecular weight is 738 g/mol. The van der Waals surface area contributed by atoms with Gasteiger partial charge in [-0.2, -0.15) is 0 Å². The van der Waals surface area contributed by atoms with Crippen molar-refractivity contribution in [3.05, 3.63) is 41.3 Å². The van der Waals surface area contributed by atoms with E-state index >= 15 is 0 Å². The predicted octanol–water partition coefficient (Wildman–Crippen LogP) is 8.97. The molecule has 1 spiro atoms. The molecular formula is C40H60ClN5O4Si. The Kier molecular flexibility index (Phi) is 12.4. The molecule has 1 saturated heterocycles. The number of methoxy groups -OCH3 is 1. The topological polar surface area (TPSA) is 107 Å². The molecule has 1 saturated carbocycles. The molecule has 280 valence electrons. The fourth-order valence-electron chi connectivity index (χ4n) is 8.21. The van der Waals surface area contributed by atoms with Crippen molar-refractivity contribution in [2.24, 2.45) is 16.2 Å². The number of Topliss-reactive ketones (excluding diaryl/α,β-unsaturated/α-hetero) is 1. The molecule has 9 nitrogen and oxygen atoms in total. The normalized spacial score (nSPS) is 19.3. The Morgan fingerprint density at radius 1 is 1.10 bits per heavy atom. The first-order valence-corrected chi connectivity index (χ1v) is 23.0. The fourth-order valence-corrected chi connectivity index (χ4v) is 9.13. The van der Waals surface area contributed by atoms with Crippen LogP contribution in [0, 0.1) is 16.2 Å². The highest BCUT2D eigenvalue weighted by Crippen LogP contribution is 2.75. The summed E-state index contributed by atoms with van der Waals surface area (Å²) in [5, 5.41) is 8.64. The van der Waals surface area contributed by atoms with Gasteiger partial charge in [-0.05, 0) is 80.3 Å². The SMILES string of the molecule is CCC(=O)CCCCC[C@H](NC(=O)[C@]1(C(C)(C)C)CC12CCNCC2)c1nc(-c2cc3ccc(Cl)cc3nc2OC)cn1COCC[Si](C)(C)C. The van der Waals surface area contributed by atoms with Gasteiger partial charge in [0.25, 0.3) is 0 Å². The van der Waals surface area contributed by atoms with Gasteiger partial charge in [0.15, 0.2) is 0 Å². The molecule has 51 heavy (non-hydrogen) atoms. The van der Waals surface area contributed by atoms with Crippen molar-refractivity contribution in [1.29, 1.82) is 0 Å². The van der Waals surface area contributed by atoms with E-state index in [1.807, 2.05) is 37.4 Å². The van der Waals surface area contributed by atoms with E-state index in [9.17, 15) is 9.59 Å². The van der Waals surface area contributed by atoms with Crippen LogP contribution in [0.5, 0.6) is 5.88 Å². The highest BCUT2D eigenvalue weighted by atomic mass is 35.5. The smallest absolute Gasteiger partial charge is 0.227 e. The van der Waals surface area contributed by atoms with Gasteiger partial charge in [-0.3, -0.25) is 9.59 Å². The van der Waals surface area contributed by atoms with Crippen LogP contribution in [-0.2, 0) is 21.1 Å². The second-order valence-electron chi connectivity index (χ2n) is 17.1. The lowest BCUT2D eigenvalue weighted by atomic mass is 9.69. The number of aromatic nitrogens is 3. The van der Waals surface area contributed by atoms with Crippen molar-refractivity contribution < 1.29 is 19.1 Å². The minimum absolute atomic E-state index is 0.0131. The van der Waals surface area contributed by atoms with Crippen molar-refractivity contribution in [3.8, 4) is 17.1 Å². The molecule has 2 aromatic heterocycles. The lowest BCUT2D eigenvalue weighted by Crippen LogP contribution is -2.47. The van der Waals surface area contributed by atoms with E-state index in [4.69, 9.17) is 31.0 Å². The number of carbonyl (C=O) groups is 2. The maximum atomic E-state index is 14.8. The van der Waals surface area contributed by atoms with Crippen molar-refractivity contribution in [2.75, 3.05) is 26.8 Å². The molecule has 2 fully saturated rings. The van der Waals surface area contributed by atoms with Crippen LogP contribution in [0.3, 0.4) is 0 Å². The molecule has 2 aliphatic rings. The molecule has 2 N–H and O–H groups in total. The number of unbranched alkanes of at least 4 members (excludes halogenated alkanes) is 2. The lowest BCUT2D eigenvalue weighted by Gasteiger charge is -2.38. The second-order valence-corrected chi connectivity index (χ2v) is 23.1. The van der Waals surface area contributed by atoms with Crippen molar-refractivity contribution >= 4 is 42.3 Å². The zero-order valence-corrected chi connectivity index (χ0v) is 34.0. The Hall–Kier alpha value is -2.79. The summed E-state index contributed by atoms with van der Waals surface area (Å²) in [7, 11) is 0.315. The number of ketones is 1. The van der Waals surface area contributed by atoms with E-state index in [0.29, 0.717) is 55.0 Å².